The van der Waals surface area contributed by atoms with Crippen LogP contribution >= 0.6 is 11.6 Å². The molecular weight excluding hydrogens is 390 g/mol. The van der Waals surface area contributed by atoms with E-state index < -0.39 is 11.6 Å². The van der Waals surface area contributed by atoms with Crippen LogP contribution in [0.2, 0.25) is 5.02 Å². The lowest BCUT2D eigenvalue weighted by Gasteiger charge is -2.29. The molecule has 2 N–H and O–H groups in total. The Morgan fingerprint density at radius 3 is 2.38 bits per heavy atom. The van der Waals surface area contributed by atoms with Gasteiger partial charge in [0.05, 0.1) is 27.8 Å². The highest BCUT2D eigenvalue weighted by Crippen LogP contribution is 2.34. The highest BCUT2D eigenvalue weighted by molar-refractivity contribution is 6.32. The normalized spacial score (nSPS) is 12.1. The van der Waals surface area contributed by atoms with Crippen LogP contribution in [0.15, 0.2) is 40.8 Å². The average Bonchev–Trinajstić information content (AvgIpc) is 3.18. The van der Waals surface area contributed by atoms with E-state index in [4.69, 9.17) is 26.5 Å². The van der Waals surface area contributed by atoms with Crippen LogP contribution in [0.5, 0.6) is 0 Å². The van der Waals surface area contributed by atoms with E-state index in [9.17, 15) is 5.11 Å². The van der Waals surface area contributed by atoms with Gasteiger partial charge < -0.3 is 14.8 Å². The zero-order valence-electron chi connectivity index (χ0n) is 16.1. The van der Waals surface area contributed by atoms with Crippen LogP contribution in [0.1, 0.15) is 42.5 Å². The highest BCUT2D eigenvalue weighted by atomic mass is 35.5. The third-order valence-corrected chi connectivity index (χ3v) is 4.95. The first-order chi connectivity index (χ1) is 13.7. The minimum absolute atomic E-state index is 0.191. The second kappa shape index (κ2) is 7.92. The number of nitriles is 2. The van der Waals surface area contributed by atoms with Gasteiger partial charge in [0.15, 0.2) is 0 Å². The molecule has 0 amide bonds. The summed E-state index contributed by atoms with van der Waals surface area (Å²) in [5, 5.41) is 40.4. The van der Waals surface area contributed by atoms with Gasteiger partial charge in [0.2, 0.25) is 11.8 Å². The lowest BCUT2D eigenvalue weighted by molar-refractivity contribution is 0.0502. The zero-order chi connectivity index (χ0) is 21.2. The molecule has 2 aromatic carbocycles. The van der Waals surface area contributed by atoms with E-state index >= 15 is 0 Å². The summed E-state index contributed by atoms with van der Waals surface area (Å²) < 4.78 is 5.81. The number of anilines is 1. The first-order valence-electron chi connectivity index (χ1n) is 8.76. The molecule has 8 heteroatoms. The summed E-state index contributed by atoms with van der Waals surface area (Å²) in [5.74, 6) is 0.465. The molecule has 1 atom stereocenters. The van der Waals surface area contributed by atoms with Crippen LogP contribution in [-0.4, -0.2) is 20.9 Å². The SMILES string of the molecule is Cc1c(NC(c2nnc(-c3ccc(C#N)cc3)o2)C(C)(C)O)ccc(C#N)c1Cl. The maximum absolute atomic E-state index is 10.7. The number of nitrogens with one attached hydrogen (secondary N) is 1. The molecule has 1 aromatic heterocycles. The van der Waals surface area contributed by atoms with E-state index in [1.807, 2.05) is 6.07 Å². The van der Waals surface area contributed by atoms with Crippen molar-refractivity contribution in [1.82, 2.24) is 10.2 Å². The van der Waals surface area contributed by atoms with Gasteiger partial charge in [-0.25, -0.2) is 0 Å². The van der Waals surface area contributed by atoms with Crippen LogP contribution in [0, 0.1) is 29.6 Å². The summed E-state index contributed by atoms with van der Waals surface area (Å²) in [5.41, 5.74) is 1.62. The Morgan fingerprint density at radius 2 is 1.79 bits per heavy atom. The number of aromatic nitrogens is 2. The molecule has 0 aliphatic carbocycles. The Bertz CT molecular complexity index is 1120. The number of hydrogen-bond acceptors (Lipinski definition) is 7. The minimum atomic E-state index is -1.25. The third kappa shape index (κ3) is 4.22. The highest BCUT2D eigenvalue weighted by Gasteiger charge is 2.34. The fourth-order valence-electron chi connectivity index (χ4n) is 2.78. The van der Waals surface area contributed by atoms with E-state index in [-0.39, 0.29) is 11.8 Å². The molecule has 0 aliphatic rings. The molecule has 7 nitrogen and oxygen atoms in total. The van der Waals surface area contributed by atoms with Crippen molar-refractivity contribution in [2.24, 2.45) is 0 Å². The molecule has 0 bridgehead atoms. The first kappa shape index (κ1) is 20.3. The van der Waals surface area contributed by atoms with Crippen LogP contribution in [-0.2, 0) is 0 Å². The Labute approximate surface area is 173 Å². The standard InChI is InChI=1S/C21H18ClN5O2/c1-12-16(9-8-15(11-24)17(12)22)25-18(21(2,3)28)20-27-26-19(29-20)14-6-4-13(10-23)5-7-14/h4-9,18,25,28H,1-3H3. The molecule has 1 unspecified atom stereocenters. The lowest BCUT2D eigenvalue weighted by Crippen LogP contribution is -2.34. The summed E-state index contributed by atoms with van der Waals surface area (Å²) >= 11 is 6.25. The van der Waals surface area contributed by atoms with Gasteiger partial charge in [-0.1, -0.05) is 11.6 Å². The second-order valence-corrected chi connectivity index (χ2v) is 7.46. The van der Waals surface area contributed by atoms with E-state index in [1.54, 1.807) is 57.2 Å². The molecule has 0 fully saturated rings. The van der Waals surface area contributed by atoms with Crippen molar-refractivity contribution < 1.29 is 9.52 Å². The molecule has 0 saturated heterocycles. The average molecular weight is 408 g/mol. The van der Waals surface area contributed by atoms with Crippen molar-refractivity contribution >= 4 is 17.3 Å². The van der Waals surface area contributed by atoms with Crippen molar-refractivity contribution in [2.75, 3.05) is 5.32 Å². The number of benzene rings is 2. The van der Waals surface area contributed by atoms with Crippen LogP contribution in [0.4, 0.5) is 5.69 Å². The van der Waals surface area contributed by atoms with Crippen molar-refractivity contribution in [3.8, 4) is 23.6 Å². The van der Waals surface area contributed by atoms with Gasteiger partial charge in [-0.15, -0.1) is 10.2 Å². The summed E-state index contributed by atoms with van der Waals surface area (Å²) in [7, 11) is 0. The predicted molar refractivity (Wildman–Crippen MR) is 108 cm³/mol. The third-order valence-electron chi connectivity index (χ3n) is 4.46. The fraction of sp³-hybridized carbons (Fsp3) is 0.238. The second-order valence-electron chi connectivity index (χ2n) is 7.08. The molecule has 1 heterocycles. The molecule has 3 aromatic rings. The van der Waals surface area contributed by atoms with Crippen molar-refractivity contribution in [2.45, 2.75) is 32.4 Å². The largest absolute Gasteiger partial charge is 0.418 e. The Morgan fingerprint density at radius 1 is 1.10 bits per heavy atom. The minimum Gasteiger partial charge on any atom is -0.418 e. The number of nitrogens with zero attached hydrogens (tertiary/aromatic N) is 4. The summed E-state index contributed by atoms with van der Waals surface area (Å²) in [6.07, 6.45) is 0. The molecule has 146 valence electrons. The van der Waals surface area contributed by atoms with E-state index in [0.29, 0.717) is 33.0 Å². The van der Waals surface area contributed by atoms with E-state index in [2.05, 4.69) is 21.6 Å². The number of hydrogen-bond donors (Lipinski definition) is 2. The Kier molecular flexibility index (Phi) is 5.56. The molecule has 0 radical (unpaired) electrons. The number of rotatable bonds is 5. The van der Waals surface area contributed by atoms with Gasteiger partial charge in [-0.3, -0.25) is 0 Å². The van der Waals surface area contributed by atoms with Crippen LogP contribution in [0.3, 0.4) is 0 Å². The smallest absolute Gasteiger partial charge is 0.247 e. The van der Waals surface area contributed by atoms with Gasteiger partial charge in [0.1, 0.15) is 12.1 Å². The van der Waals surface area contributed by atoms with E-state index in [0.717, 1.165) is 0 Å². The first-order valence-corrected chi connectivity index (χ1v) is 9.14. The van der Waals surface area contributed by atoms with Gasteiger partial charge in [-0.2, -0.15) is 10.5 Å². The molecule has 3 rings (SSSR count). The van der Waals surface area contributed by atoms with Crippen molar-refractivity contribution in [3.63, 3.8) is 0 Å². The molecule has 0 saturated carbocycles. The molecule has 29 heavy (non-hydrogen) atoms. The molecular formula is C21H18ClN5O2. The van der Waals surface area contributed by atoms with Crippen LogP contribution in [0.25, 0.3) is 11.5 Å². The maximum atomic E-state index is 10.7. The quantitative estimate of drug-likeness (QED) is 0.644. The molecule has 0 aliphatic heterocycles. The van der Waals surface area contributed by atoms with Gasteiger partial charge >= 0.3 is 0 Å². The van der Waals surface area contributed by atoms with Gasteiger partial charge in [0, 0.05) is 11.3 Å². The summed E-state index contributed by atoms with van der Waals surface area (Å²) in [4.78, 5) is 0. The fourth-order valence-corrected chi connectivity index (χ4v) is 2.99. The number of halogens is 1. The van der Waals surface area contributed by atoms with Crippen molar-refractivity contribution in [1.29, 1.82) is 10.5 Å². The Balaban J connectivity index is 1.95. The Hall–Kier alpha value is -3.39. The monoisotopic (exact) mass is 407 g/mol. The maximum Gasteiger partial charge on any atom is 0.247 e. The number of aliphatic hydroxyl groups is 1. The van der Waals surface area contributed by atoms with E-state index in [1.165, 1.54) is 0 Å². The van der Waals surface area contributed by atoms with Gasteiger partial charge in [0.25, 0.3) is 0 Å². The summed E-state index contributed by atoms with van der Waals surface area (Å²) in [6.45, 7) is 5.02. The molecule has 0 spiro atoms. The zero-order valence-corrected chi connectivity index (χ0v) is 16.8. The van der Waals surface area contributed by atoms with Crippen LogP contribution < -0.4 is 5.32 Å². The predicted octanol–water partition coefficient (Wildman–Crippen LogP) is 4.37. The van der Waals surface area contributed by atoms with Crippen molar-refractivity contribution in [3.05, 3.63) is 64.0 Å². The summed E-state index contributed by atoms with van der Waals surface area (Å²) in [6, 6.07) is 13.4. The van der Waals surface area contributed by atoms with Gasteiger partial charge in [-0.05, 0) is 62.7 Å². The lowest BCUT2D eigenvalue weighted by atomic mass is 9.97. The topological polar surface area (TPSA) is 119 Å².